The maximum absolute atomic E-state index is 12.1. The van der Waals surface area contributed by atoms with Crippen LogP contribution < -0.4 is 5.11 Å². The van der Waals surface area contributed by atoms with E-state index >= 15 is 0 Å². The summed E-state index contributed by atoms with van der Waals surface area (Å²) in [5.74, 6) is -2.65. The maximum atomic E-state index is 12.1. The molecule has 0 radical (unpaired) electrons. The van der Waals surface area contributed by atoms with Gasteiger partial charge in [-0.3, -0.25) is 4.79 Å². The standard InChI is InChI=1S/C14H17NO7/c1-3-4-21-14(20)22-7(2)10-9-5-8(6-16)11(13(18)19)15(9)12(10)17/h3,7,9-10,16H,1,4-6H2,2H3,(H,18,19)/p-1/t7-,9-,10-/m1/s1. The van der Waals surface area contributed by atoms with Gasteiger partial charge in [-0.1, -0.05) is 12.7 Å². The molecular weight excluding hydrogens is 294 g/mol. The van der Waals surface area contributed by atoms with Crippen LogP contribution in [0.1, 0.15) is 13.3 Å². The molecule has 8 nitrogen and oxygen atoms in total. The summed E-state index contributed by atoms with van der Waals surface area (Å²) in [6.45, 7) is 4.45. The molecule has 2 rings (SSSR count). The molecule has 1 amide bonds. The summed E-state index contributed by atoms with van der Waals surface area (Å²) in [5.41, 5.74) is -0.0440. The van der Waals surface area contributed by atoms with Crippen molar-refractivity contribution in [3.05, 3.63) is 23.9 Å². The molecule has 0 aliphatic carbocycles. The molecule has 0 aromatic heterocycles. The Morgan fingerprint density at radius 3 is 2.82 bits per heavy atom. The van der Waals surface area contributed by atoms with Crippen molar-refractivity contribution in [2.45, 2.75) is 25.5 Å². The van der Waals surface area contributed by atoms with Crippen LogP contribution in [0.25, 0.3) is 0 Å². The van der Waals surface area contributed by atoms with Gasteiger partial charge in [0.05, 0.1) is 30.2 Å². The molecule has 1 fully saturated rings. The minimum atomic E-state index is -1.50. The Labute approximate surface area is 126 Å². The third kappa shape index (κ3) is 2.57. The van der Waals surface area contributed by atoms with Crippen LogP contribution in [-0.4, -0.2) is 53.4 Å². The van der Waals surface area contributed by atoms with Crippen molar-refractivity contribution in [2.75, 3.05) is 13.2 Å². The number of hydrogen-bond acceptors (Lipinski definition) is 7. The van der Waals surface area contributed by atoms with Crippen molar-refractivity contribution in [1.82, 2.24) is 4.90 Å². The molecule has 0 bridgehead atoms. The van der Waals surface area contributed by atoms with Crippen molar-refractivity contribution in [1.29, 1.82) is 0 Å². The highest BCUT2D eigenvalue weighted by Gasteiger charge is 2.56. The summed E-state index contributed by atoms with van der Waals surface area (Å²) >= 11 is 0. The van der Waals surface area contributed by atoms with E-state index in [-0.39, 0.29) is 24.3 Å². The lowest BCUT2D eigenvalue weighted by atomic mass is 9.83. The zero-order valence-electron chi connectivity index (χ0n) is 12.0. The molecule has 120 valence electrons. The zero-order valence-corrected chi connectivity index (χ0v) is 12.0. The Bertz CT molecular complexity index is 553. The Kier molecular flexibility index (Phi) is 4.51. The van der Waals surface area contributed by atoms with Crippen LogP contribution >= 0.6 is 0 Å². The number of hydrogen-bond donors (Lipinski definition) is 1. The largest absolute Gasteiger partial charge is 0.543 e. The highest BCUT2D eigenvalue weighted by atomic mass is 16.7. The van der Waals surface area contributed by atoms with Gasteiger partial charge >= 0.3 is 6.16 Å². The highest BCUT2D eigenvalue weighted by molar-refractivity contribution is 5.99. The molecule has 2 aliphatic heterocycles. The topological polar surface area (TPSA) is 116 Å². The third-order valence-corrected chi connectivity index (χ3v) is 3.79. The average molecular weight is 310 g/mol. The molecule has 1 saturated heterocycles. The molecule has 0 aromatic rings. The Morgan fingerprint density at radius 2 is 2.27 bits per heavy atom. The van der Waals surface area contributed by atoms with Crippen LogP contribution in [0.2, 0.25) is 0 Å². The highest BCUT2D eigenvalue weighted by Crippen LogP contribution is 2.43. The summed E-state index contributed by atoms with van der Waals surface area (Å²) < 4.78 is 9.67. The molecule has 22 heavy (non-hydrogen) atoms. The van der Waals surface area contributed by atoms with Gasteiger partial charge in [0.2, 0.25) is 5.91 Å². The molecule has 0 saturated carbocycles. The lowest BCUT2D eigenvalue weighted by Crippen LogP contribution is -2.63. The van der Waals surface area contributed by atoms with Gasteiger partial charge in [0.1, 0.15) is 12.7 Å². The Hall–Kier alpha value is -2.35. The number of aliphatic hydroxyl groups excluding tert-OH is 1. The van der Waals surface area contributed by atoms with E-state index in [1.54, 1.807) is 0 Å². The quantitative estimate of drug-likeness (QED) is 0.377. The predicted octanol–water partition coefficient (Wildman–Crippen LogP) is -1.06. The smallest absolute Gasteiger partial charge is 0.508 e. The summed E-state index contributed by atoms with van der Waals surface area (Å²) in [4.78, 5) is 35.7. The van der Waals surface area contributed by atoms with Crippen molar-refractivity contribution in [3.63, 3.8) is 0 Å². The molecule has 2 aliphatic rings. The minimum Gasteiger partial charge on any atom is -0.543 e. The maximum Gasteiger partial charge on any atom is 0.508 e. The van der Waals surface area contributed by atoms with Crippen molar-refractivity contribution in [2.24, 2.45) is 5.92 Å². The van der Waals surface area contributed by atoms with Gasteiger partial charge in [-0.2, -0.15) is 0 Å². The summed E-state index contributed by atoms with van der Waals surface area (Å²) in [6, 6.07) is -0.454. The number of carboxylic acids is 1. The molecule has 0 spiro atoms. The lowest BCUT2D eigenvalue weighted by molar-refractivity contribution is -0.301. The summed E-state index contributed by atoms with van der Waals surface area (Å²) in [6.07, 6.45) is -0.104. The van der Waals surface area contributed by atoms with Crippen LogP contribution in [0.3, 0.4) is 0 Å². The molecule has 3 atom stereocenters. The molecule has 2 heterocycles. The van der Waals surface area contributed by atoms with Gasteiger partial charge < -0.3 is 29.4 Å². The third-order valence-electron chi connectivity index (χ3n) is 3.79. The summed E-state index contributed by atoms with van der Waals surface area (Å²) in [5, 5.41) is 20.3. The number of fused-ring (bicyclic) bond motifs is 1. The molecule has 0 unspecified atom stereocenters. The fourth-order valence-electron chi connectivity index (χ4n) is 2.86. The van der Waals surface area contributed by atoms with Crippen LogP contribution in [-0.2, 0) is 19.1 Å². The van der Waals surface area contributed by atoms with Crippen molar-refractivity contribution < 1.29 is 34.1 Å². The van der Waals surface area contributed by atoms with Crippen molar-refractivity contribution >= 4 is 18.0 Å². The van der Waals surface area contributed by atoms with E-state index in [1.807, 2.05) is 0 Å². The van der Waals surface area contributed by atoms with Gasteiger partial charge in [-0.25, -0.2) is 4.79 Å². The summed E-state index contributed by atoms with van der Waals surface area (Å²) in [7, 11) is 0. The van der Waals surface area contributed by atoms with Crippen LogP contribution in [0.15, 0.2) is 23.9 Å². The number of rotatable bonds is 6. The number of nitrogens with zero attached hydrogens (tertiary/aromatic N) is 1. The van der Waals surface area contributed by atoms with Gasteiger partial charge in [0, 0.05) is 0 Å². The number of carboxylic acid groups (broad SMARTS) is 1. The molecule has 1 N–H and O–H groups in total. The second kappa shape index (κ2) is 6.18. The first kappa shape index (κ1) is 16.0. The average Bonchev–Trinajstić information content (AvgIpc) is 2.79. The van der Waals surface area contributed by atoms with Gasteiger partial charge in [-0.05, 0) is 18.9 Å². The second-order valence-corrected chi connectivity index (χ2v) is 5.08. The Balaban J connectivity index is 2.03. The molecule has 0 aromatic carbocycles. The van der Waals surface area contributed by atoms with E-state index in [0.29, 0.717) is 0 Å². The number of ether oxygens (including phenoxy) is 2. The van der Waals surface area contributed by atoms with E-state index in [2.05, 4.69) is 11.3 Å². The number of β-lactam (4-membered cyclic amide) rings is 1. The van der Waals surface area contributed by atoms with Gasteiger partial charge in [0.25, 0.3) is 0 Å². The number of carbonyl (C=O) groups excluding carboxylic acids is 3. The first-order chi connectivity index (χ1) is 10.4. The first-order valence-electron chi connectivity index (χ1n) is 6.74. The fraction of sp³-hybridized carbons (Fsp3) is 0.500. The monoisotopic (exact) mass is 310 g/mol. The minimum absolute atomic E-state index is 0.00916. The lowest BCUT2D eigenvalue weighted by Gasteiger charge is -2.46. The number of carbonyl (C=O) groups is 3. The van der Waals surface area contributed by atoms with E-state index in [4.69, 9.17) is 4.74 Å². The molecular formula is C14H16NO7-. The number of aliphatic hydroxyl groups is 1. The molecule has 8 heteroatoms. The van der Waals surface area contributed by atoms with Crippen molar-refractivity contribution in [3.8, 4) is 0 Å². The van der Waals surface area contributed by atoms with Crippen LogP contribution in [0.4, 0.5) is 4.79 Å². The van der Waals surface area contributed by atoms with Crippen LogP contribution in [0.5, 0.6) is 0 Å². The first-order valence-corrected chi connectivity index (χ1v) is 6.74. The fourth-order valence-corrected chi connectivity index (χ4v) is 2.86. The number of amides is 1. The van der Waals surface area contributed by atoms with E-state index in [1.165, 1.54) is 13.0 Å². The second-order valence-electron chi connectivity index (χ2n) is 5.08. The van der Waals surface area contributed by atoms with E-state index < -0.39 is 42.7 Å². The van der Waals surface area contributed by atoms with E-state index in [0.717, 1.165) is 4.90 Å². The normalized spacial score (nSPS) is 24.5. The SMILES string of the molecule is C=CCOC(=O)O[C@H](C)[C@H]1C(=O)N2C(C(=O)[O-])=C(CO)C[C@H]12. The van der Waals surface area contributed by atoms with Gasteiger partial charge in [0.15, 0.2) is 0 Å². The number of aliphatic carboxylic acids is 1. The van der Waals surface area contributed by atoms with Crippen LogP contribution in [0, 0.1) is 5.92 Å². The predicted molar refractivity (Wildman–Crippen MR) is 70.0 cm³/mol. The van der Waals surface area contributed by atoms with E-state index in [9.17, 15) is 24.6 Å². The zero-order chi connectivity index (χ0) is 16.4. The Morgan fingerprint density at radius 1 is 1.59 bits per heavy atom. The van der Waals surface area contributed by atoms with Gasteiger partial charge in [-0.15, -0.1) is 0 Å².